The highest BCUT2D eigenvalue weighted by molar-refractivity contribution is 5.92. The number of carbonyl (C=O) groups is 7. The molecule has 11 atom stereocenters. The molecule has 1 heterocycles. The van der Waals surface area contributed by atoms with Crippen molar-refractivity contribution in [2.45, 2.75) is 88.0 Å². The highest BCUT2D eigenvalue weighted by Crippen LogP contribution is 2.38. The molecule has 4 aromatic rings. The average Bonchev–Trinajstić information content (AvgIpc) is 3.31. The number of esters is 7. The van der Waals surface area contributed by atoms with Gasteiger partial charge in [0, 0.05) is 25.7 Å². The summed E-state index contributed by atoms with van der Waals surface area (Å²) in [7, 11) is 0. The zero-order chi connectivity index (χ0) is 47.3. The van der Waals surface area contributed by atoms with Crippen LogP contribution in [-0.2, 0) is 57.0 Å². The van der Waals surface area contributed by atoms with E-state index in [1.165, 1.54) is 97.1 Å². The van der Waals surface area contributed by atoms with Crippen molar-refractivity contribution in [2.24, 2.45) is 5.11 Å². The molecule has 2 aliphatic rings. The largest absolute Gasteiger partial charge is 0.463 e. The van der Waals surface area contributed by atoms with Gasteiger partial charge in [0.2, 0.25) is 0 Å². The monoisotopic (exact) mass is 909 g/mol. The lowest BCUT2D eigenvalue weighted by Gasteiger charge is -2.49. The first kappa shape index (κ1) is 47.8. The molecule has 0 unspecified atom stereocenters. The molecule has 66 heavy (non-hydrogen) atoms. The van der Waals surface area contributed by atoms with E-state index in [-0.39, 0.29) is 22.3 Å². The summed E-state index contributed by atoms with van der Waals surface area (Å²) in [5.74, 6) is -6.93. The van der Waals surface area contributed by atoms with E-state index in [0.29, 0.717) is 0 Å². The molecular weight excluding hydrogens is 867 g/mol. The fourth-order valence-corrected chi connectivity index (χ4v) is 7.23. The van der Waals surface area contributed by atoms with Crippen LogP contribution in [0.2, 0.25) is 0 Å². The summed E-state index contributed by atoms with van der Waals surface area (Å²) < 4.78 is 52.8. The van der Waals surface area contributed by atoms with Gasteiger partial charge in [-0.2, -0.15) is 0 Å². The average molecular weight is 910 g/mol. The molecule has 1 saturated carbocycles. The van der Waals surface area contributed by atoms with Crippen LogP contribution in [0, 0.1) is 0 Å². The zero-order valence-corrected chi connectivity index (χ0v) is 35.4. The van der Waals surface area contributed by atoms with Crippen LogP contribution in [0.1, 0.15) is 62.2 Å². The van der Waals surface area contributed by atoms with E-state index in [2.05, 4.69) is 10.0 Å². The molecule has 0 radical (unpaired) electrons. The Morgan fingerprint density at radius 3 is 1.26 bits per heavy atom. The minimum absolute atomic E-state index is 0.0186. The summed E-state index contributed by atoms with van der Waals surface area (Å²) in [5, 5.41) is 16.3. The Morgan fingerprint density at radius 2 is 0.879 bits per heavy atom. The summed E-state index contributed by atoms with van der Waals surface area (Å²) in [4.78, 5) is 95.9. The predicted octanol–water partition coefficient (Wildman–Crippen LogP) is 4.48. The number of carbonyl (C=O) groups excluding carboxylic acids is 7. The van der Waals surface area contributed by atoms with E-state index in [1.807, 2.05) is 0 Å². The van der Waals surface area contributed by atoms with Gasteiger partial charge in [-0.15, -0.1) is 0 Å². The zero-order valence-electron chi connectivity index (χ0n) is 35.4. The molecule has 20 nitrogen and oxygen atoms in total. The summed E-state index contributed by atoms with van der Waals surface area (Å²) in [6.07, 6.45) is -19.3. The third kappa shape index (κ3) is 11.9. The second-order valence-corrected chi connectivity index (χ2v) is 14.7. The van der Waals surface area contributed by atoms with Crippen molar-refractivity contribution < 1.29 is 81.3 Å². The number of hydrogen-bond acceptors (Lipinski definition) is 18. The van der Waals surface area contributed by atoms with E-state index in [0.717, 1.165) is 20.8 Å². The topological polar surface area (TPSA) is 272 Å². The van der Waals surface area contributed by atoms with Crippen LogP contribution in [0.5, 0.6) is 0 Å². The van der Waals surface area contributed by atoms with Gasteiger partial charge in [-0.25, -0.2) is 19.2 Å². The van der Waals surface area contributed by atoms with Crippen LogP contribution in [0.15, 0.2) is 126 Å². The number of rotatable bonds is 15. The quantitative estimate of drug-likeness (QED) is 0.0566. The van der Waals surface area contributed by atoms with Crippen molar-refractivity contribution in [1.29, 1.82) is 0 Å². The normalized spacial score (nSPS) is 25.6. The summed E-state index contributed by atoms with van der Waals surface area (Å²) in [5.41, 5.74) is 9.69. The Bertz CT molecular complexity index is 2400. The lowest BCUT2D eigenvalue weighted by atomic mass is 9.83. The molecule has 1 N–H and O–H groups in total. The van der Waals surface area contributed by atoms with Crippen molar-refractivity contribution in [3.63, 3.8) is 0 Å². The van der Waals surface area contributed by atoms with Gasteiger partial charge in [0.05, 0.1) is 22.3 Å². The number of ether oxygens (including phenoxy) is 9. The van der Waals surface area contributed by atoms with Crippen molar-refractivity contribution >= 4 is 41.8 Å². The third-order valence-electron chi connectivity index (χ3n) is 10.1. The maximum atomic E-state index is 14.1. The minimum atomic E-state index is -2.23. The molecule has 1 aliphatic heterocycles. The lowest BCUT2D eigenvalue weighted by molar-refractivity contribution is -0.317. The first-order valence-electron chi connectivity index (χ1n) is 20.3. The van der Waals surface area contributed by atoms with Gasteiger partial charge in [0.1, 0.15) is 31.0 Å². The van der Waals surface area contributed by atoms with Crippen molar-refractivity contribution in [1.82, 2.24) is 0 Å². The summed E-state index contributed by atoms with van der Waals surface area (Å²) in [6.45, 7) is 2.43. The van der Waals surface area contributed by atoms with E-state index < -0.39 is 116 Å². The van der Waals surface area contributed by atoms with Gasteiger partial charge in [-0.05, 0) is 54.1 Å². The summed E-state index contributed by atoms with van der Waals surface area (Å²) >= 11 is 0. The SMILES string of the molecule is CC(=O)OC[C@H]1O[C@H](O[C@H]2[C@H](O)[C@H](OC(=O)c3ccccc3)[C@@H](OC(=O)c3ccccc3)[C@@H](OC(=O)c3ccccc3)[C@@H]2OC(=O)c2ccccc2)[C@H](N=[N+]=[N-])[C@@H](OC(C)=O)[C@H]1OC(C)=O. The predicted molar refractivity (Wildman–Crippen MR) is 223 cm³/mol. The molecule has 2 fully saturated rings. The number of benzene rings is 4. The number of hydrogen-bond donors (Lipinski definition) is 1. The van der Waals surface area contributed by atoms with Gasteiger partial charge in [-0.3, -0.25) is 14.4 Å². The molecule has 4 aromatic carbocycles. The Morgan fingerprint density at radius 1 is 0.515 bits per heavy atom. The number of nitrogens with zero attached hydrogens (tertiary/aromatic N) is 3. The van der Waals surface area contributed by atoms with Gasteiger partial charge in [0.15, 0.2) is 42.9 Å². The fourth-order valence-electron chi connectivity index (χ4n) is 7.23. The molecule has 1 saturated heterocycles. The molecular formula is C46H43N3O17. The standard InChI is InChI=1S/C46H43N3O17/c1-25(50)58-24-32-35(59-26(2)51)36(60-27(3)52)33(48-49-47)46(61-32)66-38-34(53)37(62-42(54)28-16-8-4-9-17-28)39(63-43(55)29-18-10-5-11-19-29)41(65-45(57)31-22-14-7-15-23-31)40(38)64-44(56)30-20-12-6-13-21-30/h4-23,32-41,46,53H,24H2,1-3H3/t32-,33-,34-,35+,36-,37+,38+,39-,40-,41-,46-/m1/s1. The molecule has 0 amide bonds. The summed E-state index contributed by atoms with van der Waals surface area (Å²) in [6, 6.07) is 28.1. The van der Waals surface area contributed by atoms with Crippen LogP contribution in [0.25, 0.3) is 10.4 Å². The Hall–Kier alpha value is -7.64. The number of azide groups is 1. The number of aliphatic hydroxyl groups is 1. The van der Waals surface area contributed by atoms with Crippen LogP contribution in [0.3, 0.4) is 0 Å². The van der Waals surface area contributed by atoms with Crippen LogP contribution < -0.4 is 0 Å². The van der Waals surface area contributed by atoms with E-state index in [4.69, 9.17) is 42.6 Å². The number of aliphatic hydroxyl groups excluding tert-OH is 1. The highest BCUT2D eigenvalue weighted by atomic mass is 16.7. The second kappa shape index (κ2) is 22.3. The first-order chi connectivity index (χ1) is 31.7. The van der Waals surface area contributed by atoms with Gasteiger partial charge < -0.3 is 47.7 Å². The maximum absolute atomic E-state index is 14.1. The highest BCUT2D eigenvalue weighted by Gasteiger charge is 2.61. The Balaban J connectivity index is 1.54. The Labute approximate surface area is 376 Å². The van der Waals surface area contributed by atoms with Crippen molar-refractivity contribution in [3.05, 3.63) is 154 Å². The molecule has 0 bridgehead atoms. The van der Waals surface area contributed by atoms with E-state index in [9.17, 15) is 44.2 Å². The smallest absolute Gasteiger partial charge is 0.338 e. The molecule has 6 rings (SSSR count). The van der Waals surface area contributed by atoms with E-state index in [1.54, 1.807) is 24.3 Å². The van der Waals surface area contributed by atoms with Gasteiger partial charge in [-0.1, -0.05) is 77.9 Å². The maximum Gasteiger partial charge on any atom is 0.338 e. The molecule has 344 valence electrons. The van der Waals surface area contributed by atoms with Gasteiger partial charge in [0.25, 0.3) is 0 Å². The van der Waals surface area contributed by atoms with Crippen LogP contribution in [0.4, 0.5) is 0 Å². The fraction of sp³-hybridized carbons (Fsp3) is 0.326. The van der Waals surface area contributed by atoms with Gasteiger partial charge >= 0.3 is 41.8 Å². The Kier molecular flexibility index (Phi) is 16.2. The van der Waals surface area contributed by atoms with Crippen LogP contribution >= 0.6 is 0 Å². The first-order valence-corrected chi connectivity index (χ1v) is 20.3. The molecule has 0 spiro atoms. The lowest BCUT2D eigenvalue weighted by Crippen LogP contribution is -2.70. The van der Waals surface area contributed by atoms with Crippen molar-refractivity contribution in [2.75, 3.05) is 6.61 Å². The third-order valence-corrected chi connectivity index (χ3v) is 10.1. The van der Waals surface area contributed by atoms with Crippen LogP contribution in [-0.4, -0.2) is 121 Å². The molecule has 1 aliphatic carbocycles. The van der Waals surface area contributed by atoms with Crippen molar-refractivity contribution in [3.8, 4) is 0 Å². The molecule has 0 aromatic heterocycles. The van der Waals surface area contributed by atoms with E-state index >= 15 is 0 Å². The molecule has 20 heteroatoms. The minimum Gasteiger partial charge on any atom is -0.463 e. The second-order valence-electron chi connectivity index (χ2n) is 14.7.